The molecule has 4 rings (SSSR count). The fourth-order valence-electron chi connectivity index (χ4n) is 3.60. The number of benzene rings is 3. The number of nitrogens with one attached hydrogen (secondary N) is 1. The lowest BCUT2D eigenvalue weighted by atomic mass is 10.1. The third-order valence-corrected chi connectivity index (χ3v) is 6.82. The molecule has 0 spiro atoms. The van der Waals surface area contributed by atoms with Crippen molar-refractivity contribution in [1.29, 1.82) is 0 Å². The summed E-state index contributed by atoms with van der Waals surface area (Å²) < 4.78 is 0. The first kappa shape index (κ1) is 21.9. The van der Waals surface area contributed by atoms with Crippen molar-refractivity contribution in [3.05, 3.63) is 99.6 Å². The van der Waals surface area contributed by atoms with Crippen molar-refractivity contribution in [2.75, 3.05) is 10.2 Å². The third-order valence-electron chi connectivity index (χ3n) is 5.73. The summed E-state index contributed by atoms with van der Waals surface area (Å²) in [6.45, 7) is 8.04. The molecule has 0 aliphatic carbocycles. The largest absolute Gasteiger partial charge is 0.350 e. The van der Waals surface area contributed by atoms with E-state index < -0.39 is 0 Å². The van der Waals surface area contributed by atoms with Gasteiger partial charge in [-0.15, -0.1) is 0 Å². The number of nitrogens with zero attached hydrogens (tertiary/aromatic N) is 1. The monoisotopic (exact) mass is 442 g/mol. The molecule has 2 amide bonds. The Kier molecular flexibility index (Phi) is 6.19. The van der Waals surface area contributed by atoms with Crippen LogP contribution in [-0.2, 0) is 16.0 Å². The fraction of sp³-hybridized carbons (Fsp3) is 0.185. The van der Waals surface area contributed by atoms with Gasteiger partial charge in [0.15, 0.2) is 0 Å². The highest BCUT2D eigenvalue weighted by Crippen LogP contribution is 2.39. The van der Waals surface area contributed by atoms with Gasteiger partial charge in [-0.1, -0.05) is 60.6 Å². The van der Waals surface area contributed by atoms with Gasteiger partial charge in [-0.05, 0) is 74.2 Å². The van der Waals surface area contributed by atoms with Crippen LogP contribution < -0.4 is 10.2 Å². The molecular formula is C27H26N2O2S. The predicted molar refractivity (Wildman–Crippen MR) is 132 cm³/mol. The van der Waals surface area contributed by atoms with Gasteiger partial charge in [-0.3, -0.25) is 9.59 Å². The SMILES string of the molecule is CCc1ccc(NC2=C(Sc3ccc(C)cc3)C(=O)N(c3cccc(C)c3C)C2=O)cc1. The lowest BCUT2D eigenvalue weighted by Crippen LogP contribution is -2.33. The zero-order valence-corrected chi connectivity index (χ0v) is 19.5. The molecule has 162 valence electrons. The number of thioether (sulfide) groups is 1. The number of aryl methyl sites for hydroxylation is 3. The van der Waals surface area contributed by atoms with Gasteiger partial charge in [0.25, 0.3) is 11.8 Å². The lowest BCUT2D eigenvalue weighted by molar-refractivity contribution is -0.120. The van der Waals surface area contributed by atoms with Crippen LogP contribution in [0.4, 0.5) is 11.4 Å². The Labute approximate surface area is 193 Å². The predicted octanol–water partition coefficient (Wildman–Crippen LogP) is 6.16. The number of carbonyl (C=O) groups is 2. The first-order valence-corrected chi connectivity index (χ1v) is 11.5. The first-order chi connectivity index (χ1) is 15.4. The number of anilines is 2. The van der Waals surface area contributed by atoms with Gasteiger partial charge in [0.1, 0.15) is 10.6 Å². The summed E-state index contributed by atoms with van der Waals surface area (Å²) in [4.78, 5) is 29.7. The molecule has 0 atom stereocenters. The average molecular weight is 443 g/mol. The maximum absolute atomic E-state index is 13.5. The number of amides is 2. The maximum Gasteiger partial charge on any atom is 0.283 e. The molecule has 0 radical (unpaired) electrons. The zero-order valence-electron chi connectivity index (χ0n) is 18.7. The van der Waals surface area contributed by atoms with Crippen molar-refractivity contribution >= 4 is 35.0 Å². The van der Waals surface area contributed by atoms with Crippen LogP contribution in [0.5, 0.6) is 0 Å². The molecule has 1 N–H and O–H groups in total. The van der Waals surface area contributed by atoms with Crippen molar-refractivity contribution in [1.82, 2.24) is 0 Å². The molecule has 0 saturated carbocycles. The van der Waals surface area contributed by atoms with Crippen molar-refractivity contribution in [2.24, 2.45) is 0 Å². The number of carbonyl (C=O) groups excluding carboxylic acids is 2. The molecule has 0 saturated heterocycles. The molecule has 0 fully saturated rings. The molecule has 32 heavy (non-hydrogen) atoms. The molecule has 1 aliphatic rings. The number of hydrogen-bond donors (Lipinski definition) is 1. The highest BCUT2D eigenvalue weighted by Gasteiger charge is 2.40. The Hall–Kier alpha value is -3.31. The van der Waals surface area contributed by atoms with E-state index in [-0.39, 0.29) is 11.8 Å². The van der Waals surface area contributed by atoms with E-state index in [0.29, 0.717) is 16.3 Å². The first-order valence-electron chi connectivity index (χ1n) is 10.7. The van der Waals surface area contributed by atoms with Crippen LogP contribution in [0.3, 0.4) is 0 Å². The lowest BCUT2D eigenvalue weighted by Gasteiger charge is -2.19. The highest BCUT2D eigenvalue weighted by atomic mass is 32.2. The summed E-state index contributed by atoms with van der Waals surface area (Å²) in [6.07, 6.45) is 0.940. The Bertz CT molecular complexity index is 1210. The van der Waals surface area contributed by atoms with Gasteiger partial charge in [0.2, 0.25) is 0 Å². The van der Waals surface area contributed by atoms with Crippen LogP contribution in [0.1, 0.15) is 29.2 Å². The Balaban J connectivity index is 1.75. The maximum atomic E-state index is 13.5. The zero-order chi connectivity index (χ0) is 22.8. The molecular weight excluding hydrogens is 416 g/mol. The van der Waals surface area contributed by atoms with E-state index in [9.17, 15) is 9.59 Å². The van der Waals surface area contributed by atoms with Gasteiger partial charge in [-0.25, -0.2) is 4.90 Å². The normalized spacial score (nSPS) is 13.8. The second-order valence-electron chi connectivity index (χ2n) is 7.96. The van der Waals surface area contributed by atoms with Crippen LogP contribution in [0.2, 0.25) is 0 Å². The molecule has 5 heteroatoms. The van der Waals surface area contributed by atoms with Gasteiger partial charge in [0.05, 0.1) is 5.69 Å². The van der Waals surface area contributed by atoms with Crippen molar-refractivity contribution < 1.29 is 9.59 Å². The molecule has 1 aliphatic heterocycles. The second kappa shape index (κ2) is 9.05. The summed E-state index contributed by atoms with van der Waals surface area (Å²) in [7, 11) is 0. The van der Waals surface area contributed by atoms with Crippen molar-refractivity contribution in [3.63, 3.8) is 0 Å². The second-order valence-corrected chi connectivity index (χ2v) is 9.04. The van der Waals surface area contributed by atoms with E-state index in [1.807, 2.05) is 87.5 Å². The van der Waals surface area contributed by atoms with Gasteiger partial charge >= 0.3 is 0 Å². The summed E-state index contributed by atoms with van der Waals surface area (Å²) in [5.74, 6) is -0.639. The summed E-state index contributed by atoms with van der Waals surface area (Å²) in [6, 6.07) is 21.6. The molecule has 3 aromatic rings. The van der Waals surface area contributed by atoms with Gasteiger partial charge in [0, 0.05) is 10.6 Å². The van der Waals surface area contributed by atoms with Crippen molar-refractivity contribution in [3.8, 4) is 0 Å². The fourth-order valence-corrected chi connectivity index (χ4v) is 4.53. The summed E-state index contributed by atoms with van der Waals surface area (Å²) in [5.41, 5.74) is 6.03. The standard InChI is InChI=1S/C27H26N2O2S/c1-5-20-11-13-21(14-12-20)28-24-25(32-22-15-9-17(2)10-16-22)27(31)29(26(24)30)23-8-6-7-18(3)19(23)4/h6-16,28H,5H2,1-4H3. The van der Waals surface area contributed by atoms with E-state index in [4.69, 9.17) is 0 Å². The molecule has 1 heterocycles. The Morgan fingerprint density at radius 3 is 2.19 bits per heavy atom. The summed E-state index contributed by atoms with van der Waals surface area (Å²) in [5, 5.41) is 3.23. The van der Waals surface area contributed by atoms with E-state index in [1.54, 1.807) is 0 Å². The topological polar surface area (TPSA) is 49.4 Å². The van der Waals surface area contributed by atoms with E-state index in [0.717, 1.165) is 33.7 Å². The Morgan fingerprint density at radius 1 is 0.844 bits per heavy atom. The smallest absolute Gasteiger partial charge is 0.283 e. The number of hydrogen-bond acceptors (Lipinski definition) is 4. The molecule has 4 nitrogen and oxygen atoms in total. The van der Waals surface area contributed by atoms with E-state index >= 15 is 0 Å². The molecule has 0 aromatic heterocycles. The van der Waals surface area contributed by atoms with Gasteiger partial charge < -0.3 is 5.32 Å². The van der Waals surface area contributed by atoms with Crippen molar-refractivity contribution in [2.45, 2.75) is 39.0 Å². The van der Waals surface area contributed by atoms with Crippen LogP contribution >= 0.6 is 11.8 Å². The molecule has 0 bridgehead atoms. The van der Waals surface area contributed by atoms with Gasteiger partial charge in [-0.2, -0.15) is 0 Å². The average Bonchev–Trinajstić information content (AvgIpc) is 3.01. The minimum Gasteiger partial charge on any atom is -0.350 e. The van der Waals surface area contributed by atoms with Crippen LogP contribution in [0.15, 0.2) is 82.2 Å². The highest BCUT2D eigenvalue weighted by molar-refractivity contribution is 8.04. The molecule has 0 unspecified atom stereocenters. The quantitative estimate of drug-likeness (QED) is 0.464. The van der Waals surface area contributed by atoms with E-state index in [1.165, 1.54) is 22.2 Å². The minimum atomic E-state index is -0.335. The van der Waals surface area contributed by atoms with E-state index in [2.05, 4.69) is 12.2 Å². The summed E-state index contributed by atoms with van der Waals surface area (Å²) >= 11 is 1.32. The minimum absolute atomic E-state index is 0.304. The Morgan fingerprint density at radius 2 is 1.53 bits per heavy atom. The third kappa shape index (κ3) is 4.21. The van der Waals surface area contributed by atoms with Crippen LogP contribution in [0.25, 0.3) is 0 Å². The van der Waals surface area contributed by atoms with Crippen LogP contribution in [-0.4, -0.2) is 11.8 Å². The molecule has 3 aromatic carbocycles. The number of rotatable bonds is 6. The number of imide groups is 1. The van der Waals surface area contributed by atoms with Crippen LogP contribution in [0, 0.1) is 20.8 Å².